The first kappa shape index (κ1) is 18.1. The van der Waals surface area contributed by atoms with Gasteiger partial charge in [-0.15, -0.1) is 11.3 Å². The summed E-state index contributed by atoms with van der Waals surface area (Å²) >= 11 is 2.79. The van der Waals surface area contributed by atoms with Crippen LogP contribution in [0, 0.1) is 0 Å². The number of hydrogen-bond acceptors (Lipinski definition) is 6. The van der Waals surface area contributed by atoms with Crippen LogP contribution in [0.2, 0.25) is 0 Å². The van der Waals surface area contributed by atoms with E-state index < -0.39 is 0 Å². The second-order valence-electron chi connectivity index (χ2n) is 6.63. The van der Waals surface area contributed by atoms with Crippen LogP contribution in [-0.2, 0) is 9.53 Å². The Morgan fingerprint density at radius 1 is 1.03 bits per heavy atom. The van der Waals surface area contributed by atoms with Gasteiger partial charge in [0.25, 0.3) is 5.56 Å². The van der Waals surface area contributed by atoms with Crippen LogP contribution in [0.3, 0.4) is 0 Å². The fraction of sp³-hybridized carbons (Fsp3) is 0.136. The number of aromatic nitrogens is 2. The summed E-state index contributed by atoms with van der Waals surface area (Å²) in [4.78, 5) is 31.9. The van der Waals surface area contributed by atoms with E-state index in [0.29, 0.717) is 28.4 Å². The molecule has 0 spiro atoms. The molecule has 144 valence electrons. The predicted octanol–water partition coefficient (Wildman–Crippen LogP) is 4.52. The molecule has 1 aliphatic heterocycles. The van der Waals surface area contributed by atoms with Crippen LogP contribution in [0.4, 0.5) is 0 Å². The van der Waals surface area contributed by atoms with Gasteiger partial charge in [0, 0.05) is 11.3 Å². The number of esters is 1. The minimum Gasteiger partial charge on any atom is -0.465 e. The maximum absolute atomic E-state index is 13.4. The molecular weight excluding hydrogens is 404 g/mol. The average molecular weight is 421 g/mol. The zero-order chi connectivity index (χ0) is 19.8. The van der Waals surface area contributed by atoms with E-state index in [0.717, 1.165) is 16.1 Å². The highest BCUT2D eigenvalue weighted by atomic mass is 32.2. The summed E-state index contributed by atoms with van der Waals surface area (Å²) in [6.07, 6.45) is 0.617. The molecule has 0 unspecified atom stereocenters. The van der Waals surface area contributed by atoms with E-state index in [2.05, 4.69) is 0 Å². The topological polar surface area (TPSA) is 61.2 Å². The van der Waals surface area contributed by atoms with Crippen LogP contribution in [0.15, 0.2) is 76.7 Å². The Labute approximate surface area is 175 Å². The van der Waals surface area contributed by atoms with Gasteiger partial charge in [0.05, 0.1) is 17.7 Å². The molecule has 5 rings (SSSR count). The van der Waals surface area contributed by atoms with Crippen LogP contribution in [0.5, 0.6) is 0 Å². The van der Waals surface area contributed by atoms with Gasteiger partial charge in [0.15, 0.2) is 5.16 Å². The summed E-state index contributed by atoms with van der Waals surface area (Å²) in [6, 6.07) is 21.3. The largest absolute Gasteiger partial charge is 0.465 e. The smallest absolute Gasteiger partial charge is 0.319 e. The molecule has 7 heteroatoms. The van der Waals surface area contributed by atoms with E-state index in [4.69, 9.17) is 9.72 Å². The van der Waals surface area contributed by atoms with Crippen LogP contribution in [0.1, 0.15) is 6.42 Å². The van der Waals surface area contributed by atoms with Gasteiger partial charge < -0.3 is 4.74 Å². The molecule has 5 nitrogen and oxygen atoms in total. The summed E-state index contributed by atoms with van der Waals surface area (Å²) in [5, 5.41) is 0.748. The SMILES string of the molecule is O=C1OCC[C@@H]1Sc1nc2sc(-c3ccccc3)cc2c(=O)n1-c1ccccc1. The number of hydrogen-bond donors (Lipinski definition) is 0. The van der Waals surface area contributed by atoms with Crippen molar-refractivity contribution in [3.63, 3.8) is 0 Å². The number of carbonyl (C=O) groups is 1. The number of para-hydroxylation sites is 1. The molecule has 29 heavy (non-hydrogen) atoms. The normalized spacial score (nSPS) is 16.3. The predicted molar refractivity (Wildman–Crippen MR) is 116 cm³/mol. The highest BCUT2D eigenvalue weighted by Gasteiger charge is 2.30. The van der Waals surface area contributed by atoms with E-state index in [1.54, 1.807) is 4.57 Å². The van der Waals surface area contributed by atoms with E-state index in [-0.39, 0.29) is 16.8 Å². The van der Waals surface area contributed by atoms with Gasteiger partial charge in [-0.25, -0.2) is 4.98 Å². The molecule has 4 aromatic rings. The standard InChI is InChI=1S/C22H16N2O3S2/c25-20-16-13-18(14-7-3-1-4-8-14)28-19(16)23-22(29-17-11-12-27-21(17)26)24(20)15-9-5-2-6-10-15/h1-10,13,17H,11-12H2/t17-/m0/s1. The van der Waals surface area contributed by atoms with Crippen molar-refractivity contribution < 1.29 is 9.53 Å². The number of ether oxygens (including phenoxy) is 1. The molecule has 1 fully saturated rings. The maximum atomic E-state index is 13.4. The summed E-state index contributed by atoms with van der Waals surface area (Å²) in [7, 11) is 0. The summed E-state index contributed by atoms with van der Waals surface area (Å²) in [5.41, 5.74) is 1.65. The van der Waals surface area contributed by atoms with Crippen molar-refractivity contribution in [3.8, 4) is 16.1 Å². The lowest BCUT2D eigenvalue weighted by molar-refractivity contribution is -0.137. The average Bonchev–Trinajstić information content (AvgIpc) is 3.36. The molecule has 2 aromatic heterocycles. The van der Waals surface area contributed by atoms with Crippen LogP contribution < -0.4 is 5.56 Å². The first-order valence-corrected chi connectivity index (χ1v) is 10.9. The number of fused-ring (bicyclic) bond motifs is 1. The van der Waals surface area contributed by atoms with Gasteiger partial charge >= 0.3 is 5.97 Å². The maximum Gasteiger partial charge on any atom is 0.319 e. The number of rotatable bonds is 4. The fourth-order valence-corrected chi connectivity index (χ4v) is 5.46. The Balaban J connectivity index is 1.70. The van der Waals surface area contributed by atoms with Gasteiger partial charge in [0.2, 0.25) is 0 Å². The lowest BCUT2D eigenvalue weighted by atomic mass is 10.2. The number of cyclic esters (lactones) is 1. The number of benzene rings is 2. The van der Waals surface area contributed by atoms with Crippen molar-refractivity contribution in [2.75, 3.05) is 6.61 Å². The van der Waals surface area contributed by atoms with E-state index in [1.807, 2.05) is 66.7 Å². The number of carbonyl (C=O) groups excluding carboxylic acids is 1. The second kappa shape index (κ2) is 7.50. The van der Waals surface area contributed by atoms with Crippen molar-refractivity contribution in [2.45, 2.75) is 16.8 Å². The molecule has 3 heterocycles. The van der Waals surface area contributed by atoms with E-state index >= 15 is 0 Å². The molecule has 0 N–H and O–H groups in total. The molecule has 2 aromatic carbocycles. The van der Waals surface area contributed by atoms with Crippen molar-refractivity contribution in [1.82, 2.24) is 9.55 Å². The van der Waals surface area contributed by atoms with Crippen LogP contribution in [-0.4, -0.2) is 27.4 Å². The Hall–Kier alpha value is -2.90. The minimum absolute atomic E-state index is 0.131. The Kier molecular flexibility index (Phi) is 4.69. The van der Waals surface area contributed by atoms with Gasteiger partial charge in [-0.3, -0.25) is 14.2 Å². The number of thiophene rings is 1. The molecule has 1 aliphatic rings. The van der Waals surface area contributed by atoms with E-state index in [1.165, 1.54) is 23.1 Å². The zero-order valence-electron chi connectivity index (χ0n) is 15.3. The summed E-state index contributed by atoms with van der Waals surface area (Å²) in [5.74, 6) is -0.250. The lowest BCUT2D eigenvalue weighted by Gasteiger charge is -2.13. The van der Waals surface area contributed by atoms with Gasteiger partial charge in [-0.05, 0) is 23.8 Å². The monoisotopic (exact) mass is 420 g/mol. The van der Waals surface area contributed by atoms with Crippen LogP contribution >= 0.6 is 23.1 Å². The number of nitrogens with zero attached hydrogens (tertiary/aromatic N) is 2. The molecule has 0 radical (unpaired) electrons. The first-order chi connectivity index (χ1) is 14.2. The quantitative estimate of drug-likeness (QED) is 0.359. The molecule has 0 amide bonds. The first-order valence-electron chi connectivity index (χ1n) is 9.21. The third-order valence-corrected chi connectivity index (χ3v) is 7.02. The fourth-order valence-electron chi connectivity index (χ4n) is 3.30. The molecule has 1 atom stereocenters. The third kappa shape index (κ3) is 3.36. The lowest BCUT2D eigenvalue weighted by Crippen LogP contribution is -2.22. The Morgan fingerprint density at radius 2 is 1.76 bits per heavy atom. The molecule has 0 aliphatic carbocycles. The van der Waals surface area contributed by atoms with Crippen molar-refractivity contribution >= 4 is 39.3 Å². The molecule has 0 bridgehead atoms. The van der Waals surface area contributed by atoms with E-state index in [9.17, 15) is 9.59 Å². The Morgan fingerprint density at radius 3 is 2.45 bits per heavy atom. The van der Waals surface area contributed by atoms with Crippen molar-refractivity contribution in [1.29, 1.82) is 0 Å². The summed E-state index contributed by atoms with van der Waals surface area (Å²) in [6.45, 7) is 0.408. The zero-order valence-corrected chi connectivity index (χ0v) is 16.9. The van der Waals surface area contributed by atoms with Gasteiger partial charge in [-0.1, -0.05) is 60.3 Å². The minimum atomic E-state index is -0.345. The molecule has 1 saturated heterocycles. The number of thioether (sulfide) groups is 1. The second-order valence-corrected chi connectivity index (χ2v) is 8.83. The van der Waals surface area contributed by atoms with Crippen LogP contribution in [0.25, 0.3) is 26.3 Å². The summed E-state index contributed by atoms with van der Waals surface area (Å²) < 4.78 is 6.69. The van der Waals surface area contributed by atoms with Crippen molar-refractivity contribution in [3.05, 3.63) is 77.1 Å². The molecule has 0 saturated carbocycles. The van der Waals surface area contributed by atoms with Crippen molar-refractivity contribution in [2.24, 2.45) is 0 Å². The highest BCUT2D eigenvalue weighted by Crippen LogP contribution is 2.34. The van der Waals surface area contributed by atoms with Gasteiger partial charge in [-0.2, -0.15) is 0 Å². The van der Waals surface area contributed by atoms with Gasteiger partial charge in [0.1, 0.15) is 10.1 Å². The Bertz CT molecular complexity index is 1250. The highest BCUT2D eigenvalue weighted by molar-refractivity contribution is 8.00. The third-order valence-electron chi connectivity index (χ3n) is 4.74. The molecular formula is C22H16N2O3S2.